The van der Waals surface area contributed by atoms with Crippen LogP contribution in [0.1, 0.15) is 11.6 Å². The van der Waals surface area contributed by atoms with Crippen LogP contribution >= 0.6 is 22.6 Å². The maximum atomic E-state index is 13.2. The van der Waals surface area contributed by atoms with E-state index in [4.69, 9.17) is 5.73 Å². The summed E-state index contributed by atoms with van der Waals surface area (Å²) in [5.74, 6) is -0.269. The van der Waals surface area contributed by atoms with E-state index in [-0.39, 0.29) is 5.82 Å². The van der Waals surface area contributed by atoms with Crippen molar-refractivity contribution in [2.45, 2.75) is 6.04 Å². The summed E-state index contributed by atoms with van der Waals surface area (Å²) >= 11 is 2.06. The minimum Gasteiger partial charge on any atom is -0.321 e. The van der Waals surface area contributed by atoms with E-state index in [0.29, 0.717) is 5.56 Å². The van der Waals surface area contributed by atoms with E-state index in [9.17, 15) is 4.39 Å². The van der Waals surface area contributed by atoms with Crippen LogP contribution < -0.4 is 5.73 Å². The molecule has 0 radical (unpaired) electrons. The summed E-state index contributed by atoms with van der Waals surface area (Å²) < 4.78 is 14.0. The second kappa shape index (κ2) is 4.00. The van der Waals surface area contributed by atoms with Crippen LogP contribution in [0.3, 0.4) is 0 Å². The number of nitrogens with two attached hydrogens (primary N) is 1. The van der Waals surface area contributed by atoms with Gasteiger partial charge in [0.2, 0.25) is 0 Å². The largest absolute Gasteiger partial charge is 0.321 e. The Hall–Kier alpha value is -0.420. The van der Waals surface area contributed by atoms with Gasteiger partial charge in [0.15, 0.2) is 0 Å². The Morgan fingerprint density at radius 1 is 1.58 bits per heavy atom. The molecule has 0 bridgehead atoms. The molecule has 0 spiro atoms. The van der Waals surface area contributed by atoms with E-state index < -0.39 is 6.04 Å². The molecule has 1 rings (SSSR count). The maximum Gasteiger partial charge on any atom is 0.129 e. The van der Waals surface area contributed by atoms with E-state index in [1.807, 2.05) is 6.07 Å². The first-order valence-corrected chi connectivity index (χ1v) is 4.56. The topological polar surface area (TPSA) is 26.0 Å². The summed E-state index contributed by atoms with van der Waals surface area (Å²) in [5.41, 5.74) is 6.15. The number of hydrogen-bond acceptors (Lipinski definition) is 1. The third-order valence-corrected chi connectivity index (χ3v) is 2.53. The Kier molecular flexibility index (Phi) is 3.22. The van der Waals surface area contributed by atoms with Gasteiger partial charge < -0.3 is 5.73 Å². The molecule has 3 heteroatoms. The van der Waals surface area contributed by atoms with Gasteiger partial charge in [0.1, 0.15) is 5.82 Å². The maximum absolute atomic E-state index is 13.2. The molecule has 0 aromatic heterocycles. The van der Waals surface area contributed by atoms with E-state index in [0.717, 1.165) is 3.57 Å². The summed E-state index contributed by atoms with van der Waals surface area (Å²) in [6.07, 6.45) is 1.53. The fourth-order valence-corrected chi connectivity index (χ4v) is 1.77. The van der Waals surface area contributed by atoms with Gasteiger partial charge >= 0.3 is 0 Å². The Labute approximate surface area is 84.6 Å². The van der Waals surface area contributed by atoms with Gasteiger partial charge in [-0.3, -0.25) is 0 Å². The first-order chi connectivity index (χ1) is 5.66. The van der Waals surface area contributed by atoms with Gasteiger partial charge in [-0.25, -0.2) is 4.39 Å². The lowest BCUT2D eigenvalue weighted by atomic mass is 10.1. The Morgan fingerprint density at radius 2 is 2.25 bits per heavy atom. The molecule has 0 heterocycles. The van der Waals surface area contributed by atoms with Gasteiger partial charge in [-0.05, 0) is 34.7 Å². The van der Waals surface area contributed by atoms with E-state index in [1.54, 1.807) is 6.07 Å². The minimum atomic E-state index is -0.418. The minimum absolute atomic E-state index is 0.269. The van der Waals surface area contributed by atoms with Gasteiger partial charge in [0, 0.05) is 9.13 Å². The van der Waals surface area contributed by atoms with Crippen molar-refractivity contribution in [1.29, 1.82) is 0 Å². The molecular weight excluding hydrogens is 268 g/mol. The van der Waals surface area contributed by atoms with Crippen LogP contribution in [0.25, 0.3) is 0 Å². The first-order valence-electron chi connectivity index (χ1n) is 3.49. The molecule has 0 saturated carbocycles. The second-order valence-corrected chi connectivity index (χ2v) is 3.56. The highest BCUT2D eigenvalue weighted by molar-refractivity contribution is 14.1. The summed E-state index contributed by atoms with van der Waals surface area (Å²) in [4.78, 5) is 0. The molecule has 0 aliphatic rings. The zero-order valence-electron chi connectivity index (χ0n) is 6.43. The van der Waals surface area contributed by atoms with Gasteiger partial charge in [-0.15, -0.1) is 6.58 Å². The quantitative estimate of drug-likeness (QED) is 0.652. The predicted molar refractivity (Wildman–Crippen MR) is 56.2 cm³/mol. The van der Waals surface area contributed by atoms with Gasteiger partial charge in [-0.2, -0.15) is 0 Å². The van der Waals surface area contributed by atoms with Crippen molar-refractivity contribution < 1.29 is 4.39 Å². The highest BCUT2D eigenvalue weighted by atomic mass is 127. The van der Waals surface area contributed by atoms with E-state index >= 15 is 0 Å². The van der Waals surface area contributed by atoms with Crippen molar-refractivity contribution in [1.82, 2.24) is 0 Å². The number of rotatable bonds is 2. The zero-order chi connectivity index (χ0) is 9.14. The summed E-state index contributed by atoms with van der Waals surface area (Å²) in [7, 11) is 0. The molecule has 64 valence electrons. The molecule has 2 N–H and O–H groups in total. The van der Waals surface area contributed by atoms with Crippen LogP contribution in [-0.2, 0) is 0 Å². The number of hydrogen-bond donors (Lipinski definition) is 1. The fraction of sp³-hybridized carbons (Fsp3) is 0.111. The van der Waals surface area contributed by atoms with Crippen LogP contribution in [0.4, 0.5) is 4.39 Å². The molecule has 1 nitrogen and oxygen atoms in total. The lowest BCUT2D eigenvalue weighted by Gasteiger charge is -2.09. The predicted octanol–water partition coefficient (Wildman–Crippen LogP) is 2.62. The smallest absolute Gasteiger partial charge is 0.129 e. The Morgan fingerprint density at radius 3 is 2.75 bits per heavy atom. The highest BCUT2D eigenvalue weighted by Crippen LogP contribution is 2.21. The number of halogens is 2. The van der Waals surface area contributed by atoms with Crippen molar-refractivity contribution in [3.8, 4) is 0 Å². The Bertz CT molecular complexity index is 278. The zero-order valence-corrected chi connectivity index (χ0v) is 8.58. The van der Waals surface area contributed by atoms with Crippen molar-refractivity contribution in [3.63, 3.8) is 0 Å². The average molecular weight is 277 g/mol. The first kappa shape index (κ1) is 9.67. The van der Waals surface area contributed by atoms with Crippen LogP contribution in [0.5, 0.6) is 0 Å². The van der Waals surface area contributed by atoms with Gasteiger partial charge in [0.25, 0.3) is 0 Å². The van der Waals surface area contributed by atoms with Crippen LogP contribution in [0, 0.1) is 9.39 Å². The molecule has 1 atom stereocenters. The normalized spacial score (nSPS) is 12.6. The second-order valence-electron chi connectivity index (χ2n) is 2.40. The monoisotopic (exact) mass is 277 g/mol. The van der Waals surface area contributed by atoms with Gasteiger partial charge in [-0.1, -0.05) is 12.1 Å². The van der Waals surface area contributed by atoms with E-state index in [1.165, 1.54) is 12.1 Å². The SMILES string of the molecule is C=C[C@H](N)c1c(F)cccc1I. The Balaban J connectivity index is 3.20. The van der Waals surface area contributed by atoms with Crippen molar-refractivity contribution in [3.05, 3.63) is 45.8 Å². The highest BCUT2D eigenvalue weighted by Gasteiger charge is 2.10. The fourth-order valence-electron chi connectivity index (χ4n) is 0.947. The standard InChI is InChI=1S/C9H9FIN/c1-2-8(12)9-6(10)4-3-5-7(9)11/h2-5,8H,1,12H2/t8-/m0/s1. The third-order valence-electron chi connectivity index (χ3n) is 1.59. The van der Waals surface area contributed by atoms with Gasteiger partial charge in [0.05, 0.1) is 6.04 Å². The average Bonchev–Trinajstić information content (AvgIpc) is 2.03. The molecule has 0 aliphatic heterocycles. The lowest BCUT2D eigenvalue weighted by molar-refractivity contribution is 0.600. The van der Waals surface area contributed by atoms with Crippen molar-refractivity contribution in [2.24, 2.45) is 5.73 Å². The van der Waals surface area contributed by atoms with Crippen molar-refractivity contribution in [2.75, 3.05) is 0 Å². The summed E-state index contributed by atoms with van der Waals surface area (Å²) in [6.45, 7) is 3.52. The lowest BCUT2D eigenvalue weighted by Crippen LogP contribution is -2.10. The summed E-state index contributed by atoms with van der Waals surface area (Å²) in [6, 6.07) is 4.47. The van der Waals surface area contributed by atoms with Crippen molar-refractivity contribution >= 4 is 22.6 Å². The molecule has 12 heavy (non-hydrogen) atoms. The molecule has 0 amide bonds. The molecule has 0 unspecified atom stereocenters. The molecule has 1 aromatic carbocycles. The van der Waals surface area contributed by atoms with Crippen LogP contribution in [-0.4, -0.2) is 0 Å². The number of benzene rings is 1. The molecule has 0 saturated heterocycles. The van der Waals surface area contributed by atoms with E-state index in [2.05, 4.69) is 29.2 Å². The molecule has 0 aliphatic carbocycles. The van der Waals surface area contributed by atoms with Crippen LogP contribution in [0.2, 0.25) is 0 Å². The summed E-state index contributed by atoms with van der Waals surface area (Å²) in [5, 5.41) is 0. The molecule has 1 aromatic rings. The van der Waals surface area contributed by atoms with Crippen LogP contribution in [0.15, 0.2) is 30.9 Å². The third kappa shape index (κ3) is 1.84. The molecule has 0 fully saturated rings. The molecular formula is C9H9FIN.